The number of aliphatic carboxylic acids is 1. The molecule has 0 radical (unpaired) electrons. The van der Waals surface area contributed by atoms with E-state index in [1.807, 2.05) is 0 Å². The van der Waals surface area contributed by atoms with Crippen molar-refractivity contribution in [2.24, 2.45) is 0 Å². The van der Waals surface area contributed by atoms with Crippen LogP contribution in [0.25, 0.3) is 0 Å². The number of carboxylic acid groups (broad SMARTS) is 1. The van der Waals surface area contributed by atoms with Crippen LogP contribution in [0.15, 0.2) is 24.3 Å². The number of rotatable bonds is 5. The summed E-state index contributed by atoms with van der Waals surface area (Å²) in [6.45, 7) is 2.08. The van der Waals surface area contributed by atoms with Crippen LogP contribution >= 0.6 is 0 Å². The number of anilines is 1. The van der Waals surface area contributed by atoms with E-state index in [0.29, 0.717) is 37.7 Å². The molecule has 0 unspecified atom stereocenters. The Morgan fingerprint density at radius 2 is 1.90 bits per heavy atom. The minimum absolute atomic E-state index is 0.337. The lowest BCUT2D eigenvalue weighted by atomic mass is 10.3. The monoisotopic (exact) mass is 295 g/mol. The average Bonchev–Trinajstić information content (AvgIpc) is 2.47. The van der Waals surface area contributed by atoms with E-state index in [-0.39, 0.29) is 6.03 Å². The summed E-state index contributed by atoms with van der Waals surface area (Å²) >= 11 is 0. The quantitative estimate of drug-likeness (QED) is 0.732. The van der Waals surface area contributed by atoms with E-state index >= 15 is 0 Å². The molecule has 3 N–H and O–H groups in total. The number of morpholine rings is 1. The van der Waals surface area contributed by atoms with E-state index in [9.17, 15) is 9.59 Å². The molecule has 0 atom stereocenters. The summed E-state index contributed by atoms with van der Waals surface area (Å²) in [7, 11) is 0. The number of nitrogens with one attached hydrogen (secondary N) is 2. The molecule has 0 aromatic heterocycles. The first-order valence-electron chi connectivity index (χ1n) is 6.48. The number of benzene rings is 1. The van der Waals surface area contributed by atoms with Gasteiger partial charge in [0, 0.05) is 18.8 Å². The van der Waals surface area contributed by atoms with Crippen molar-refractivity contribution in [2.75, 3.05) is 38.2 Å². The standard InChI is InChI=1S/C13H17N3O5/c17-12(18)9-21-11-3-1-10(2-4-11)14-13(19)15-16-5-7-20-8-6-16/h1-4H,5-9H2,(H,17,18)(H2,14,15,19). The van der Waals surface area contributed by atoms with E-state index in [1.54, 1.807) is 29.3 Å². The zero-order valence-corrected chi connectivity index (χ0v) is 11.4. The second kappa shape index (κ2) is 7.46. The van der Waals surface area contributed by atoms with Crippen LogP contribution in [0.4, 0.5) is 10.5 Å². The van der Waals surface area contributed by atoms with E-state index in [2.05, 4.69) is 10.7 Å². The van der Waals surface area contributed by atoms with Gasteiger partial charge in [-0.05, 0) is 24.3 Å². The molecule has 2 amide bonds. The van der Waals surface area contributed by atoms with E-state index < -0.39 is 12.6 Å². The molecule has 1 heterocycles. The van der Waals surface area contributed by atoms with Crippen molar-refractivity contribution in [3.8, 4) is 5.75 Å². The molecule has 1 saturated heterocycles. The number of carbonyl (C=O) groups excluding carboxylic acids is 1. The molecule has 21 heavy (non-hydrogen) atoms. The highest BCUT2D eigenvalue weighted by molar-refractivity contribution is 5.88. The van der Waals surface area contributed by atoms with Crippen molar-refractivity contribution in [2.45, 2.75) is 0 Å². The number of hydrogen-bond acceptors (Lipinski definition) is 5. The summed E-state index contributed by atoms with van der Waals surface area (Å²) in [6.07, 6.45) is 0. The SMILES string of the molecule is O=C(O)COc1ccc(NC(=O)NN2CCOCC2)cc1. The number of ether oxygens (including phenoxy) is 2. The van der Waals surface area contributed by atoms with Crippen molar-refractivity contribution in [3.05, 3.63) is 24.3 Å². The van der Waals surface area contributed by atoms with Gasteiger partial charge in [-0.2, -0.15) is 0 Å². The van der Waals surface area contributed by atoms with Crippen molar-refractivity contribution < 1.29 is 24.2 Å². The topological polar surface area (TPSA) is 100 Å². The molecule has 1 fully saturated rings. The predicted octanol–water partition coefficient (Wildman–Crippen LogP) is 0.519. The largest absolute Gasteiger partial charge is 0.482 e. The molecule has 1 aromatic carbocycles. The predicted molar refractivity (Wildman–Crippen MR) is 74.1 cm³/mol. The Bertz CT molecular complexity index is 485. The lowest BCUT2D eigenvalue weighted by molar-refractivity contribution is -0.139. The highest BCUT2D eigenvalue weighted by Gasteiger charge is 2.12. The van der Waals surface area contributed by atoms with Crippen molar-refractivity contribution in [1.29, 1.82) is 0 Å². The van der Waals surface area contributed by atoms with Gasteiger partial charge in [0.05, 0.1) is 13.2 Å². The van der Waals surface area contributed by atoms with Crippen molar-refractivity contribution in [1.82, 2.24) is 10.4 Å². The molecule has 0 saturated carbocycles. The smallest absolute Gasteiger partial charge is 0.341 e. The van der Waals surface area contributed by atoms with E-state index in [4.69, 9.17) is 14.6 Å². The lowest BCUT2D eigenvalue weighted by Crippen LogP contribution is -2.49. The van der Waals surface area contributed by atoms with Crippen LogP contribution in [0.3, 0.4) is 0 Å². The maximum Gasteiger partial charge on any atom is 0.341 e. The highest BCUT2D eigenvalue weighted by Crippen LogP contribution is 2.15. The number of hydrazine groups is 1. The second-order valence-electron chi connectivity index (χ2n) is 4.37. The average molecular weight is 295 g/mol. The molecular formula is C13H17N3O5. The third-order valence-corrected chi connectivity index (χ3v) is 2.75. The number of amides is 2. The number of carbonyl (C=O) groups is 2. The fraction of sp³-hybridized carbons (Fsp3) is 0.385. The molecule has 1 aliphatic rings. The Labute approximate surface area is 121 Å². The molecule has 1 aromatic rings. The van der Waals surface area contributed by atoms with Gasteiger partial charge in [0.15, 0.2) is 6.61 Å². The third-order valence-electron chi connectivity index (χ3n) is 2.75. The van der Waals surface area contributed by atoms with Crippen LogP contribution in [0.1, 0.15) is 0 Å². The van der Waals surface area contributed by atoms with Gasteiger partial charge in [0.25, 0.3) is 0 Å². The fourth-order valence-electron chi connectivity index (χ4n) is 1.76. The van der Waals surface area contributed by atoms with Crippen LogP contribution in [-0.2, 0) is 9.53 Å². The molecule has 114 valence electrons. The molecule has 2 rings (SSSR count). The van der Waals surface area contributed by atoms with E-state index in [0.717, 1.165) is 0 Å². The van der Waals surface area contributed by atoms with Gasteiger partial charge >= 0.3 is 12.0 Å². The van der Waals surface area contributed by atoms with Crippen LogP contribution < -0.4 is 15.5 Å². The summed E-state index contributed by atoms with van der Waals surface area (Å²) in [5.74, 6) is -0.612. The van der Waals surface area contributed by atoms with Crippen molar-refractivity contribution >= 4 is 17.7 Å². The number of hydrogen-bond donors (Lipinski definition) is 3. The van der Waals surface area contributed by atoms with Crippen LogP contribution in [0.5, 0.6) is 5.75 Å². The molecule has 0 aliphatic carbocycles. The maximum atomic E-state index is 11.8. The molecule has 0 bridgehead atoms. The number of urea groups is 1. The van der Waals surface area contributed by atoms with Gasteiger partial charge in [0.1, 0.15) is 5.75 Å². The van der Waals surface area contributed by atoms with Gasteiger partial charge in [-0.3, -0.25) is 5.43 Å². The second-order valence-corrected chi connectivity index (χ2v) is 4.37. The summed E-state index contributed by atoms with van der Waals surface area (Å²) in [6, 6.07) is 6.11. The van der Waals surface area contributed by atoms with Gasteiger partial charge in [-0.15, -0.1) is 0 Å². The normalized spacial score (nSPS) is 15.2. The van der Waals surface area contributed by atoms with Gasteiger partial charge in [0.2, 0.25) is 0 Å². The van der Waals surface area contributed by atoms with Crippen LogP contribution in [0.2, 0.25) is 0 Å². The molecule has 1 aliphatic heterocycles. The summed E-state index contributed by atoms with van der Waals surface area (Å²) in [5, 5.41) is 13.0. The Morgan fingerprint density at radius 1 is 1.24 bits per heavy atom. The first-order chi connectivity index (χ1) is 10.1. The summed E-state index contributed by atoms with van der Waals surface area (Å²) in [4.78, 5) is 22.1. The fourth-order valence-corrected chi connectivity index (χ4v) is 1.76. The maximum absolute atomic E-state index is 11.8. The van der Waals surface area contributed by atoms with E-state index in [1.165, 1.54) is 0 Å². The summed E-state index contributed by atoms with van der Waals surface area (Å²) in [5.41, 5.74) is 3.30. The van der Waals surface area contributed by atoms with Crippen molar-refractivity contribution in [3.63, 3.8) is 0 Å². The molecular weight excluding hydrogens is 278 g/mol. The zero-order chi connectivity index (χ0) is 15.1. The zero-order valence-electron chi connectivity index (χ0n) is 11.4. The first kappa shape index (κ1) is 15.1. The molecule has 8 nitrogen and oxygen atoms in total. The van der Waals surface area contributed by atoms with Crippen LogP contribution in [-0.4, -0.2) is 55.0 Å². The Kier molecular flexibility index (Phi) is 5.35. The van der Waals surface area contributed by atoms with Gasteiger partial charge < -0.3 is 19.9 Å². The minimum Gasteiger partial charge on any atom is -0.482 e. The molecule has 0 spiro atoms. The Balaban J connectivity index is 1.79. The lowest BCUT2D eigenvalue weighted by Gasteiger charge is -2.26. The van der Waals surface area contributed by atoms with Gasteiger partial charge in [-0.1, -0.05) is 0 Å². The first-order valence-corrected chi connectivity index (χ1v) is 6.48. The van der Waals surface area contributed by atoms with Gasteiger partial charge in [-0.25, -0.2) is 14.6 Å². The van der Waals surface area contributed by atoms with Crippen LogP contribution in [0, 0.1) is 0 Å². The third kappa shape index (κ3) is 5.28. The minimum atomic E-state index is -1.04. The Hall–Kier alpha value is -2.32. The number of carboxylic acids is 1. The molecule has 8 heteroatoms. The highest BCUT2D eigenvalue weighted by atomic mass is 16.5. The number of nitrogens with zero attached hydrogens (tertiary/aromatic N) is 1. The Morgan fingerprint density at radius 3 is 2.52 bits per heavy atom. The summed E-state index contributed by atoms with van der Waals surface area (Å²) < 4.78 is 10.2.